The Balaban J connectivity index is 1.01. The van der Waals surface area contributed by atoms with Crippen LogP contribution in [0.4, 0.5) is 34.1 Å². The van der Waals surface area contributed by atoms with E-state index in [1.807, 2.05) is 11.8 Å². The molecule has 294 valence electrons. The normalized spacial score (nSPS) is 24.1. The van der Waals surface area contributed by atoms with E-state index in [1.165, 1.54) is 106 Å². The fraction of sp³-hybridized carbons (Fsp3) is 0.119. The van der Waals surface area contributed by atoms with Gasteiger partial charge in [0, 0.05) is 59.8 Å². The molecule has 0 aromatic heterocycles. The lowest BCUT2D eigenvalue weighted by Gasteiger charge is -2.87. The maximum atomic E-state index is 2.70. The van der Waals surface area contributed by atoms with E-state index >= 15 is 0 Å². The highest BCUT2D eigenvalue weighted by atomic mass is 32.2. The molecule has 2 nitrogen and oxygen atoms in total. The topological polar surface area (TPSA) is 6.48 Å². The number of para-hydroxylation sites is 2. The van der Waals surface area contributed by atoms with Gasteiger partial charge in [-0.05, 0) is 141 Å². The molecule has 2 heterocycles. The van der Waals surface area contributed by atoms with E-state index in [2.05, 4.69) is 204 Å². The monoisotopic (exact) mass is 818 g/mol. The van der Waals surface area contributed by atoms with E-state index in [9.17, 15) is 0 Å². The largest absolute Gasteiger partial charge is 0.311 e. The highest BCUT2D eigenvalue weighted by Gasteiger charge is 2.87. The van der Waals surface area contributed by atoms with E-state index in [4.69, 9.17) is 0 Å². The standard InChI is InChI=1S/C59H39BN2S/c1-4-15-39(16-5-1)61-50-28-29-51(63-41-19-8-3-9-20-41)57-54(50)60(48-26-24-35-14-10-11-21-42(35)55(48)62(57)40-17-6-2-7-18-40)49-27-25-36-30-47-45(34-44(36)56(49)61)43-22-12-13-23-46(43)59(47)52-32-37-31-38-33-53(59)58(37,38)52/h1-30,32,34,37-38,53H,31,33H2. The van der Waals surface area contributed by atoms with Gasteiger partial charge in [-0.1, -0.05) is 151 Å². The molecule has 0 bridgehead atoms. The summed E-state index contributed by atoms with van der Waals surface area (Å²) in [6.07, 6.45) is 5.50. The van der Waals surface area contributed by atoms with Crippen molar-refractivity contribution in [2.45, 2.75) is 28.0 Å². The Hall–Kier alpha value is -6.75. The Bertz CT molecular complexity index is 3550. The van der Waals surface area contributed by atoms with Crippen LogP contribution in [0.5, 0.6) is 0 Å². The second kappa shape index (κ2) is 11.6. The Kier molecular flexibility index (Phi) is 6.25. The number of allylic oxidation sites excluding steroid dienone is 2. The molecule has 9 aromatic carbocycles. The maximum absolute atomic E-state index is 2.70. The van der Waals surface area contributed by atoms with Crippen molar-refractivity contribution in [3.63, 3.8) is 0 Å². The number of fused-ring (bicyclic) bond motifs is 15. The lowest BCUT2D eigenvalue weighted by molar-refractivity contribution is -0.255. The second-order valence-electron chi connectivity index (χ2n) is 19.1. The maximum Gasteiger partial charge on any atom is 0.252 e. The first-order chi connectivity index (χ1) is 31.2. The number of rotatable bonds is 4. The molecule has 5 aliphatic carbocycles. The van der Waals surface area contributed by atoms with Crippen LogP contribution in [0.2, 0.25) is 0 Å². The molecule has 63 heavy (non-hydrogen) atoms. The quantitative estimate of drug-likeness (QED) is 0.129. The molecular formula is C59H39BN2S. The predicted molar refractivity (Wildman–Crippen MR) is 262 cm³/mol. The van der Waals surface area contributed by atoms with Crippen molar-refractivity contribution in [2.24, 2.45) is 23.2 Å². The molecule has 0 saturated heterocycles. The third-order valence-corrected chi connectivity index (χ3v) is 17.9. The summed E-state index contributed by atoms with van der Waals surface area (Å²) in [5, 5.41) is 5.19. The molecule has 9 aromatic rings. The van der Waals surface area contributed by atoms with Gasteiger partial charge in [0.05, 0.1) is 5.69 Å². The summed E-state index contributed by atoms with van der Waals surface area (Å²) in [5.41, 5.74) is 19.8. The van der Waals surface area contributed by atoms with Gasteiger partial charge in [-0.15, -0.1) is 0 Å². The third-order valence-electron chi connectivity index (χ3n) is 16.8. The summed E-state index contributed by atoms with van der Waals surface area (Å²) in [6.45, 7) is 0.00576. The summed E-state index contributed by atoms with van der Waals surface area (Å²) in [7, 11) is 0. The first kappa shape index (κ1) is 33.8. The first-order valence-corrected chi connectivity index (χ1v) is 23.6. The molecule has 0 radical (unpaired) electrons. The fourth-order valence-corrected chi connectivity index (χ4v) is 15.6. The molecule has 3 fully saturated rings. The number of nitrogens with zero attached hydrogens (tertiary/aromatic N) is 2. The van der Waals surface area contributed by atoms with Crippen molar-refractivity contribution in [3.05, 3.63) is 211 Å². The van der Waals surface area contributed by atoms with Crippen LogP contribution in [-0.2, 0) is 5.41 Å². The van der Waals surface area contributed by atoms with Gasteiger partial charge in [-0.25, -0.2) is 0 Å². The van der Waals surface area contributed by atoms with E-state index in [0.717, 1.165) is 17.8 Å². The van der Waals surface area contributed by atoms with Gasteiger partial charge in [0.15, 0.2) is 0 Å². The molecule has 16 rings (SSSR count). The lowest BCUT2D eigenvalue weighted by Crippen LogP contribution is -2.82. The van der Waals surface area contributed by atoms with Gasteiger partial charge in [0.1, 0.15) is 0 Å². The molecule has 3 saturated carbocycles. The first-order valence-electron chi connectivity index (χ1n) is 22.8. The van der Waals surface area contributed by atoms with E-state index in [0.29, 0.717) is 5.41 Å². The third kappa shape index (κ3) is 3.83. The van der Waals surface area contributed by atoms with Crippen molar-refractivity contribution in [3.8, 4) is 11.1 Å². The predicted octanol–water partition coefficient (Wildman–Crippen LogP) is 13.1. The highest BCUT2D eigenvalue weighted by Crippen LogP contribution is 2.92. The average Bonchev–Trinajstić information content (AvgIpc) is 3.60. The van der Waals surface area contributed by atoms with Gasteiger partial charge >= 0.3 is 0 Å². The van der Waals surface area contributed by atoms with Crippen LogP contribution in [0, 0.1) is 23.2 Å². The molecule has 5 unspecified atom stereocenters. The van der Waals surface area contributed by atoms with Crippen LogP contribution >= 0.6 is 11.8 Å². The number of benzene rings is 9. The summed E-state index contributed by atoms with van der Waals surface area (Å²) in [5.74, 6) is 2.49. The van der Waals surface area contributed by atoms with Gasteiger partial charge in [0.2, 0.25) is 0 Å². The van der Waals surface area contributed by atoms with Gasteiger partial charge in [-0.2, -0.15) is 0 Å². The van der Waals surface area contributed by atoms with Crippen molar-refractivity contribution in [1.82, 2.24) is 0 Å². The molecule has 4 heteroatoms. The molecule has 2 aliphatic heterocycles. The SMILES string of the molecule is C1=C2C3(c4ccccc4-c4cc5c6c(ccc5cc43)B3c4ccc5ccccc5c4N(c4ccccc4)c4c(Sc5ccccc5)ccc(c43)N6c3ccccc3)C3CC4CC1C243. The zero-order valence-electron chi connectivity index (χ0n) is 34.5. The van der Waals surface area contributed by atoms with Crippen molar-refractivity contribution < 1.29 is 0 Å². The van der Waals surface area contributed by atoms with Crippen molar-refractivity contribution in [2.75, 3.05) is 9.80 Å². The number of hydrogen-bond acceptors (Lipinski definition) is 3. The minimum atomic E-state index is 0.00576. The smallest absolute Gasteiger partial charge is 0.252 e. The summed E-state index contributed by atoms with van der Waals surface area (Å²) in [6, 6.07) is 71.4. The highest BCUT2D eigenvalue weighted by molar-refractivity contribution is 7.99. The Morgan fingerprint density at radius 1 is 0.524 bits per heavy atom. The van der Waals surface area contributed by atoms with Crippen LogP contribution in [-0.4, -0.2) is 6.71 Å². The van der Waals surface area contributed by atoms with E-state index < -0.39 is 0 Å². The molecule has 5 atom stereocenters. The van der Waals surface area contributed by atoms with Crippen molar-refractivity contribution in [1.29, 1.82) is 0 Å². The zero-order valence-corrected chi connectivity index (χ0v) is 35.3. The van der Waals surface area contributed by atoms with Crippen LogP contribution in [0.1, 0.15) is 24.0 Å². The number of anilines is 6. The average molecular weight is 819 g/mol. The summed E-state index contributed by atoms with van der Waals surface area (Å²) in [4.78, 5) is 7.69. The zero-order chi connectivity index (χ0) is 40.8. The molecule has 0 N–H and O–H groups in total. The van der Waals surface area contributed by atoms with Crippen LogP contribution in [0.25, 0.3) is 32.7 Å². The molecule has 0 amide bonds. The van der Waals surface area contributed by atoms with E-state index in [1.54, 1.807) is 16.7 Å². The molecule has 7 aliphatic rings. The molecular weight excluding hydrogens is 780 g/mol. The van der Waals surface area contributed by atoms with Crippen LogP contribution < -0.4 is 26.2 Å². The summed E-state index contributed by atoms with van der Waals surface area (Å²) >= 11 is 1.87. The van der Waals surface area contributed by atoms with Crippen molar-refractivity contribution >= 4 is 90.5 Å². The van der Waals surface area contributed by atoms with E-state index in [-0.39, 0.29) is 12.1 Å². The lowest BCUT2D eigenvalue weighted by atomic mass is 9.16. The van der Waals surface area contributed by atoms with Crippen LogP contribution in [0.15, 0.2) is 209 Å². The number of hydrogen-bond donors (Lipinski definition) is 0. The van der Waals surface area contributed by atoms with Gasteiger partial charge < -0.3 is 9.80 Å². The molecule has 2 spiro atoms. The van der Waals surface area contributed by atoms with Gasteiger partial charge in [-0.3, -0.25) is 0 Å². The minimum Gasteiger partial charge on any atom is -0.311 e. The fourth-order valence-electron chi connectivity index (χ4n) is 14.6. The summed E-state index contributed by atoms with van der Waals surface area (Å²) < 4.78 is 0. The Morgan fingerprint density at radius 3 is 1.97 bits per heavy atom. The second-order valence-corrected chi connectivity index (χ2v) is 20.2. The Morgan fingerprint density at radius 2 is 1.21 bits per heavy atom. The van der Waals surface area contributed by atoms with Crippen LogP contribution in [0.3, 0.4) is 0 Å². The van der Waals surface area contributed by atoms with Gasteiger partial charge in [0.25, 0.3) is 6.71 Å². The Labute approximate surface area is 371 Å². The minimum absolute atomic E-state index is 0.00576.